The van der Waals surface area contributed by atoms with Crippen LogP contribution in [0.1, 0.15) is 38.3 Å². The molecular weight excluding hydrogens is 570 g/mol. The van der Waals surface area contributed by atoms with E-state index in [4.69, 9.17) is 9.47 Å². The van der Waals surface area contributed by atoms with E-state index in [0.29, 0.717) is 49.8 Å². The van der Waals surface area contributed by atoms with Gasteiger partial charge in [0.05, 0.1) is 31.5 Å². The molecule has 2 heterocycles. The highest BCUT2D eigenvalue weighted by Gasteiger charge is 2.45. The summed E-state index contributed by atoms with van der Waals surface area (Å²) in [6, 6.07) is 17.1. The van der Waals surface area contributed by atoms with E-state index >= 15 is 0 Å². The van der Waals surface area contributed by atoms with Crippen LogP contribution in [-0.4, -0.2) is 86.5 Å². The lowest BCUT2D eigenvalue weighted by Crippen LogP contribution is -2.47. The maximum atomic E-state index is 13.2. The van der Waals surface area contributed by atoms with Crippen LogP contribution in [0.3, 0.4) is 0 Å². The Balaban J connectivity index is 1.36. The normalized spacial score (nSPS) is 14.3. The summed E-state index contributed by atoms with van der Waals surface area (Å²) in [5.74, 6) is 0.966. The van der Waals surface area contributed by atoms with Crippen molar-refractivity contribution in [2.75, 3.05) is 63.8 Å². The first-order chi connectivity index (χ1) is 21.5. The maximum absolute atomic E-state index is 13.2. The molecule has 240 valence electrons. The lowest BCUT2D eigenvalue weighted by Gasteiger charge is -2.27. The number of likely N-dealkylation sites (N-methyl/N-ethyl adjacent to an activating group) is 1. The number of ether oxygens (including phenoxy) is 2. The van der Waals surface area contributed by atoms with E-state index in [1.807, 2.05) is 68.6 Å². The topological polar surface area (TPSA) is 95.5 Å². The van der Waals surface area contributed by atoms with Gasteiger partial charge < -0.3 is 24.2 Å². The van der Waals surface area contributed by atoms with E-state index in [2.05, 4.69) is 9.88 Å². The number of nitrogens with zero attached hydrogens (tertiary/aromatic N) is 5. The molecule has 0 saturated carbocycles. The summed E-state index contributed by atoms with van der Waals surface area (Å²) in [7, 11) is 5.16. The summed E-state index contributed by atoms with van der Waals surface area (Å²) in [6.45, 7) is 8.96. The van der Waals surface area contributed by atoms with E-state index in [0.717, 1.165) is 36.4 Å². The molecule has 1 aliphatic heterocycles. The predicted molar refractivity (Wildman–Crippen MR) is 176 cm³/mol. The molecule has 0 N–H and O–H groups in total. The third-order valence-corrected chi connectivity index (χ3v) is 8.24. The van der Waals surface area contributed by atoms with Crippen molar-refractivity contribution in [2.45, 2.75) is 40.2 Å². The zero-order valence-corrected chi connectivity index (χ0v) is 27.3. The Hall–Kier alpha value is -4.44. The van der Waals surface area contributed by atoms with E-state index in [9.17, 15) is 14.4 Å². The van der Waals surface area contributed by atoms with E-state index in [1.54, 1.807) is 55.1 Å². The Kier molecular flexibility index (Phi) is 11.2. The van der Waals surface area contributed by atoms with Crippen molar-refractivity contribution in [1.29, 1.82) is 0 Å². The molecule has 3 aromatic rings. The fourth-order valence-electron chi connectivity index (χ4n) is 5.47. The van der Waals surface area contributed by atoms with Crippen LogP contribution < -0.4 is 19.3 Å². The van der Waals surface area contributed by atoms with Crippen molar-refractivity contribution in [3.63, 3.8) is 0 Å². The van der Waals surface area contributed by atoms with Gasteiger partial charge in [0.25, 0.3) is 0 Å². The number of rotatable bonds is 14. The van der Waals surface area contributed by atoms with Gasteiger partial charge in [0.1, 0.15) is 16.9 Å². The van der Waals surface area contributed by atoms with Crippen LogP contribution in [0.5, 0.6) is 11.5 Å². The summed E-state index contributed by atoms with van der Waals surface area (Å²) in [5, 5.41) is 0. The van der Waals surface area contributed by atoms with Gasteiger partial charge in [-0.3, -0.25) is 24.3 Å². The number of methoxy groups -OCH3 is 1. The number of anilines is 2. The van der Waals surface area contributed by atoms with E-state index in [1.165, 1.54) is 0 Å². The number of pyridine rings is 1. The third-order valence-electron chi connectivity index (χ3n) is 8.24. The van der Waals surface area contributed by atoms with Gasteiger partial charge in [0.2, 0.25) is 17.7 Å². The van der Waals surface area contributed by atoms with Crippen molar-refractivity contribution in [3.05, 3.63) is 78.1 Å². The summed E-state index contributed by atoms with van der Waals surface area (Å²) in [4.78, 5) is 50.7. The van der Waals surface area contributed by atoms with Crippen LogP contribution >= 0.6 is 0 Å². The fourth-order valence-corrected chi connectivity index (χ4v) is 5.47. The Morgan fingerprint density at radius 2 is 1.67 bits per heavy atom. The first-order valence-electron chi connectivity index (χ1n) is 15.4. The van der Waals surface area contributed by atoms with Crippen LogP contribution in [0, 0.1) is 5.41 Å². The monoisotopic (exact) mass is 615 g/mol. The summed E-state index contributed by atoms with van der Waals surface area (Å²) in [5.41, 5.74) is 2.26. The molecule has 10 nitrogen and oxygen atoms in total. The average Bonchev–Trinajstić information content (AvgIpc) is 3.10. The molecule has 0 fully saturated rings. The second-order valence-corrected chi connectivity index (χ2v) is 11.9. The molecule has 1 aliphatic rings. The number of carbonyl (C=O) groups excluding carboxylic acids is 3. The molecule has 0 saturated heterocycles. The maximum Gasteiger partial charge on any atom is 0.242 e. The van der Waals surface area contributed by atoms with Gasteiger partial charge >= 0.3 is 0 Å². The molecule has 0 bridgehead atoms. The Bertz CT molecular complexity index is 1480. The molecule has 0 unspecified atom stereocenters. The van der Waals surface area contributed by atoms with Gasteiger partial charge in [0, 0.05) is 65.3 Å². The van der Waals surface area contributed by atoms with Gasteiger partial charge in [0.15, 0.2) is 0 Å². The van der Waals surface area contributed by atoms with Gasteiger partial charge in [-0.25, -0.2) is 0 Å². The first-order valence-corrected chi connectivity index (χ1v) is 15.4. The van der Waals surface area contributed by atoms with Crippen LogP contribution in [0.15, 0.2) is 67.0 Å². The van der Waals surface area contributed by atoms with Gasteiger partial charge in [-0.15, -0.1) is 0 Å². The van der Waals surface area contributed by atoms with Crippen LogP contribution in [0.4, 0.5) is 11.4 Å². The zero-order chi connectivity index (χ0) is 32.6. The van der Waals surface area contributed by atoms with E-state index < -0.39 is 5.41 Å². The van der Waals surface area contributed by atoms with Crippen LogP contribution in [0.25, 0.3) is 0 Å². The highest BCUT2D eigenvalue weighted by molar-refractivity contribution is 6.20. The molecule has 0 atom stereocenters. The number of fused-ring (bicyclic) bond motifs is 1. The Morgan fingerprint density at radius 3 is 2.38 bits per heavy atom. The molecular formula is C35H45N5O5. The van der Waals surface area contributed by atoms with Gasteiger partial charge in [-0.1, -0.05) is 12.1 Å². The standard InChI is InChI=1S/C35H45N5O5/c1-7-40-30-13-12-29(24-31(30)38(5)33(42)35(2,3)34(40)43)45-21-9-18-39(25-26-14-16-36-17-15-26)20-19-37(4)32(41)23-27-10-8-11-28(22-27)44-6/h8,10-17,22,24H,7,9,18-21,23,25H2,1-6H3. The quantitative estimate of drug-likeness (QED) is 0.196. The third kappa shape index (κ3) is 8.19. The molecule has 1 aromatic heterocycles. The second-order valence-electron chi connectivity index (χ2n) is 11.9. The van der Waals surface area contributed by atoms with Gasteiger partial charge in [-0.05, 0) is 74.7 Å². The van der Waals surface area contributed by atoms with Crippen molar-refractivity contribution >= 4 is 29.1 Å². The predicted octanol–water partition coefficient (Wildman–Crippen LogP) is 4.42. The Labute approximate surface area is 266 Å². The fraction of sp³-hybridized carbons (Fsp3) is 0.429. The van der Waals surface area contributed by atoms with Crippen molar-refractivity contribution in [3.8, 4) is 11.5 Å². The minimum atomic E-state index is -1.16. The number of hydrogen-bond donors (Lipinski definition) is 0. The highest BCUT2D eigenvalue weighted by atomic mass is 16.5. The minimum Gasteiger partial charge on any atom is -0.497 e. The second kappa shape index (κ2) is 15.0. The lowest BCUT2D eigenvalue weighted by molar-refractivity contribution is -0.137. The molecule has 0 radical (unpaired) electrons. The molecule has 2 aromatic carbocycles. The number of benzene rings is 2. The number of hydrogen-bond acceptors (Lipinski definition) is 7. The molecule has 0 spiro atoms. The number of carbonyl (C=O) groups is 3. The molecule has 45 heavy (non-hydrogen) atoms. The summed E-state index contributed by atoms with van der Waals surface area (Å²) in [6.07, 6.45) is 4.64. The number of aromatic nitrogens is 1. The minimum absolute atomic E-state index is 0.0498. The average molecular weight is 616 g/mol. The summed E-state index contributed by atoms with van der Waals surface area (Å²) >= 11 is 0. The van der Waals surface area contributed by atoms with E-state index in [-0.39, 0.29) is 17.7 Å². The highest BCUT2D eigenvalue weighted by Crippen LogP contribution is 2.40. The van der Waals surface area contributed by atoms with Crippen LogP contribution in [-0.2, 0) is 27.3 Å². The van der Waals surface area contributed by atoms with Gasteiger partial charge in [-0.2, -0.15) is 0 Å². The Morgan fingerprint density at radius 1 is 0.911 bits per heavy atom. The van der Waals surface area contributed by atoms with Crippen LogP contribution in [0.2, 0.25) is 0 Å². The molecule has 10 heteroatoms. The van der Waals surface area contributed by atoms with Crippen molar-refractivity contribution < 1.29 is 23.9 Å². The van der Waals surface area contributed by atoms with Crippen molar-refractivity contribution in [1.82, 2.24) is 14.8 Å². The zero-order valence-electron chi connectivity index (χ0n) is 27.3. The molecule has 0 aliphatic carbocycles. The smallest absolute Gasteiger partial charge is 0.242 e. The number of amides is 3. The lowest BCUT2D eigenvalue weighted by atomic mass is 9.90. The first kappa shape index (κ1) is 33.5. The molecule has 3 amide bonds. The molecule has 4 rings (SSSR count). The SMILES string of the molecule is CCN1C(=O)C(C)(C)C(=O)N(C)c2cc(OCCCN(CCN(C)C(=O)Cc3cccc(OC)c3)Cc3ccncc3)ccc21. The largest absolute Gasteiger partial charge is 0.497 e. The summed E-state index contributed by atoms with van der Waals surface area (Å²) < 4.78 is 11.4. The van der Waals surface area contributed by atoms with Crippen molar-refractivity contribution in [2.24, 2.45) is 5.41 Å².